The van der Waals surface area contributed by atoms with Crippen LogP contribution >= 0.6 is 11.9 Å². The van der Waals surface area contributed by atoms with Gasteiger partial charge in [0.1, 0.15) is 17.4 Å². The number of nitrogens with zero attached hydrogens (tertiary/aromatic N) is 3. The summed E-state index contributed by atoms with van der Waals surface area (Å²) in [4.78, 5) is 28.3. The predicted molar refractivity (Wildman–Crippen MR) is 111 cm³/mol. The second kappa shape index (κ2) is 7.07. The summed E-state index contributed by atoms with van der Waals surface area (Å²) in [7, 11) is -3.74. The standard InChI is InChI=1S/C18H12N4O6S2/c1-30(26,27)18-21-29-17-20-15(23)12(14(19)22(17)18)8-11-5-6-13(28-11)9-3-2-4-10(7-9)16(24)25/h2-8,19H,1H3,(H,24,25)/b12-8-,19-14?. The maximum atomic E-state index is 12.4. The second-order valence-corrected chi connectivity index (χ2v) is 8.91. The Morgan fingerprint density at radius 2 is 2.07 bits per heavy atom. The minimum absolute atomic E-state index is 0.00630. The Morgan fingerprint density at radius 3 is 2.77 bits per heavy atom. The molecule has 2 aromatic rings. The quantitative estimate of drug-likeness (QED) is 0.540. The van der Waals surface area contributed by atoms with Gasteiger partial charge in [0.05, 0.1) is 23.1 Å². The summed E-state index contributed by atoms with van der Waals surface area (Å²) in [5.74, 6) is -1.62. The van der Waals surface area contributed by atoms with Crippen molar-refractivity contribution in [1.82, 2.24) is 4.90 Å². The fraction of sp³-hybridized carbons (Fsp3) is 0.0556. The first-order valence-corrected chi connectivity index (χ1v) is 10.9. The number of hydrogen-bond acceptors (Lipinski definition) is 8. The van der Waals surface area contributed by atoms with Gasteiger partial charge in [-0.1, -0.05) is 12.1 Å². The number of fused-ring (bicyclic) bond motifs is 1. The molecule has 0 fully saturated rings. The highest BCUT2D eigenvalue weighted by Gasteiger charge is 2.41. The number of carboxylic acid groups (broad SMARTS) is 1. The van der Waals surface area contributed by atoms with Crippen molar-refractivity contribution >= 4 is 55.9 Å². The van der Waals surface area contributed by atoms with Crippen LogP contribution < -0.4 is 0 Å². The molecule has 1 aromatic carbocycles. The summed E-state index contributed by atoms with van der Waals surface area (Å²) in [5.41, 5.74) is 0.444. The molecule has 4 rings (SSSR count). The summed E-state index contributed by atoms with van der Waals surface area (Å²) in [6, 6.07) is 9.27. The summed E-state index contributed by atoms with van der Waals surface area (Å²) in [6.45, 7) is 0. The van der Waals surface area contributed by atoms with Crippen LogP contribution in [0.2, 0.25) is 0 Å². The highest BCUT2D eigenvalue weighted by molar-refractivity contribution is 8.16. The van der Waals surface area contributed by atoms with Crippen LogP contribution in [0.5, 0.6) is 0 Å². The van der Waals surface area contributed by atoms with Crippen LogP contribution in [0.15, 0.2) is 55.8 Å². The molecule has 0 saturated carbocycles. The number of benzene rings is 1. The van der Waals surface area contributed by atoms with Crippen molar-refractivity contribution in [2.45, 2.75) is 0 Å². The Kier molecular flexibility index (Phi) is 4.67. The van der Waals surface area contributed by atoms with Gasteiger partial charge in [0.2, 0.25) is 20.2 Å². The first kappa shape index (κ1) is 19.8. The number of furan rings is 1. The summed E-state index contributed by atoms with van der Waals surface area (Å²) >= 11 is 0.707. The van der Waals surface area contributed by atoms with Crippen molar-refractivity contribution in [1.29, 1.82) is 5.41 Å². The minimum atomic E-state index is -3.74. The molecule has 0 spiro atoms. The van der Waals surface area contributed by atoms with E-state index in [-0.39, 0.29) is 33.1 Å². The van der Waals surface area contributed by atoms with Crippen molar-refractivity contribution in [3.05, 3.63) is 53.3 Å². The lowest BCUT2D eigenvalue weighted by molar-refractivity contribution is -0.114. The minimum Gasteiger partial charge on any atom is -0.478 e. The summed E-state index contributed by atoms with van der Waals surface area (Å²) in [5, 5.41) is 17.0. The lowest BCUT2D eigenvalue weighted by Crippen LogP contribution is -2.45. The van der Waals surface area contributed by atoms with Gasteiger partial charge < -0.3 is 9.52 Å². The average Bonchev–Trinajstić information content (AvgIpc) is 3.32. The monoisotopic (exact) mass is 444 g/mol. The number of rotatable bonds is 3. The van der Waals surface area contributed by atoms with E-state index < -0.39 is 21.7 Å². The molecule has 12 heteroatoms. The van der Waals surface area contributed by atoms with E-state index in [0.717, 1.165) is 11.2 Å². The zero-order valence-corrected chi connectivity index (χ0v) is 16.8. The molecule has 152 valence electrons. The number of nitrogens with one attached hydrogen (secondary N) is 1. The van der Waals surface area contributed by atoms with Crippen molar-refractivity contribution < 1.29 is 27.5 Å². The summed E-state index contributed by atoms with van der Waals surface area (Å²) in [6.07, 6.45) is 2.23. The number of amidine groups is 3. The zero-order chi connectivity index (χ0) is 21.6. The Hall–Kier alpha value is -3.51. The third-order valence-electron chi connectivity index (χ3n) is 4.13. The highest BCUT2D eigenvalue weighted by Crippen LogP contribution is 2.30. The Labute approximate surface area is 174 Å². The smallest absolute Gasteiger partial charge is 0.335 e. The molecule has 0 saturated heterocycles. The number of sulfone groups is 1. The van der Waals surface area contributed by atoms with Gasteiger partial charge in [-0.2, -0.15) is 9.39 Å². The molecular weight excluding hydrogens is 432 g/mol. The molecule has 0 aliphatic carbocycles. The molecule has 0 unspecified atom stereocenters. The number of hydrogen-bond donors (Lipinski definition) is 2. The maximum Gasteiger partial charge on any atom is 0.335 e. The van der Waals surface area contributed by atoms with Crippen LogP contribution in [0.4, 0.5) is 0 Å². The SMILES string of the molecule is CS(=O)(=O)C1=NSC2=NC(=O)/C(=C\c3ccc(-c4cccc(C(=O)O)c4)o3)C(=N)N21. The number of carbonyl (C=O) groups is 2. The van der Waals surface area contributed by atoms with E-state index in [1.54, 1.807) is 24.3 Å². The maximum absolute atomic E-state index is 12.4. The van der Waals surface area contributed by atoms with Crippen LogP contribution in [0, 0.1) is 5.41 Å². The van der Waals surface area contributed by atoms with Gasteiger partial charge in [-0.05, 0) is 30.3 Å². The second-order valence-electron chi connectivity index (χ2n) is 6.27. The van der Waals surface area contributed by atoms with E-state index in [1.165, 1.54) is 18.2 Å². The lowest BCUT2D eigenvalue weighted by atomic mass is 10.1. The third-order valence-corrected chi connectivity index (χ3v) is 5.89. The van der Waals surface area contributed by atoms with Gasteiger partial charge in [-0.25, -0.2) is 18.1 Å². The van der Waals surface area contributed by atoms with E-state index >= 15 is 0 Å². The molecular formula is C18H12N4O6S2. The van der Waals surface area contributed by atoms with Crippen molar-refractivity contribution in [3.8, 4) is 11.3 Å². The van der Waals surface area contributed by atoms with Crippen LogP contribution in [0.3, 0.4) is 0 Å². The number of carboxylic acids is 1. The number of carbonyl (C=O) groups excluding carboxylic acids is 1. The first-order chi connectivity index (χ1) is 14.1. The third kappa shape index (κ3) is 3.46. The largest absolute Gasteiger partial charge is 0.478 e. The van der Waals surface area contributed by atoms with E-state index in [9.17, 15) is 18.0 Å². The fourth-order valence-corrected chi connectivity index (χ4v) is 4.62. The first-order valence-electron chi connectivity index (χ1n) is 8.27. The summed E-state index contributed by atoms with van der Waals surface area (Å²) < 4.78 is 33.3. The van der Waals surface area contributed by atoms with Gasteiger partial charge >= 0.3 is 5.97 Å². The van der Waals surface area contributed by atoms with Gasteiger partial charge in [-0.3, -0.25) is 10.2 Å². The van der Waals surface area contributed by atoms with Crippen molar-refractivity contribution in [2.75, 3.05) is 6.26 Å². The molecule has 1 aromatic heterocycles. The normalized spacial score (nSPS) is 17.8. The van der Waals surface area contributed by atoms with Gasteiger partial charge in [0, 0.05) is 11.8 Å². The molecule has 3 heterocycles. The molecule has 10 nitrogen and oxygen atoms in total. The van der Waals surface area contributed by atoms with Crippen molar-refractivity contribution in [3.63, 3.8) is 0 Å². The number of amides is 1. The number of aliphatic imine (C=N–C) groups is 1. The van der Waals surface area contributed by atoms with Crippen LogP contribution in [-0.2, 0) is 14.6 Å². The lowest BCUT2D eigenvalue weighted by Gasteiger charge is -2.23. The zero-order valence-electron chi connectivity index (χ0n) is 15.2. The van der Waals surface area contributed by atoms with Gasteiger partial charge in [-0.15, -0.1) is 0 Å². The molecule has 2 N–H and O–H groups in total. The molecule has 30 heavy (non-hydrogen) atoms. The Balaban J connectivity index is 1.69. The molecule has 2 aliphatic heterocycles. The Bertz CT molecular complexity index is 1320. The average molecular weight is 444 g/mol. The molecule has 2 aliphatic rings. The van der Waals surface area contributed by atoms with E-state index in [2.05, 4.69) is 9.39 Å². The van der Waals surface area contributed by atoms with E-state index in [0.29, 0.717) is 23.3 Å². The fourth-order valence-electron chi connectivity index (χ4n) is 2.77. The number of aromatic carboxylic acids is 1. The van der Waals surface area contributed by atoms with Gasteiger partial charge in [0.25, 0.3) is 5.91 Å². The van der Waals surface area contributed by atoms with Crippen LogP contribution in [0.25, 0.3) is 17.4 Å². The van der Waals surface area contributed by atoms with Gasteiger partial charge in [0.15, 0.2) is 0 Å². The molecule has 1 amide bonds. The van der Waals surface area contributed by atoms with Crippen LogP contribution in [-0.4, -0.2) is 52.7 Å². The highest BCUT2D eigenvalue weighted by atomic mass is 32.2. The van der Waals surface area contributed by atoms with E-state index in [4.69, 9.17) is 14.9 Å². The Morgan fingerprint density at radius 1 is 1.30 bits per heavy atom. The topological polar surface area (TPSA) is 153 Å². The molecule has 0 bridgehead atoms. The molecule has 0 radical (unpaired) electrons. The van der Waals surface area contributed by atoms with Crippen LogP contribution in [0.1, 0.15) is 16.1 Å². The molecule has 0 atom stereocenters. The van der Waals surface area contributed by atoms with Crippen molar-refractivity contribution in [2.24, 2.45) is 9.39 Å². The van der Waals surface area contributed by atoms with E-state index in [1.807, 2.05) is 0 Å². The predicted octanol–water partition coefficient (Wildman–Crippen LogP) is 2.27.